The Balaban J connectivity index is 1.88. The summed E-state index contributed by atoms with van der Waals surface area (Å²) in [6.07, 6.45) is 5.09. The number of benzene rings is 1. The van der Waals surface area contributed by atoms with E-state index in [2.05, 4.69) is 11.8 Å². The van der Waals surface area contributed by atoms with Crippen molar-refractivity contribution in [2.45, 2.75) is 32.6 Å². The molecule has 98 valence electrons. The van der Waals surface area contributed by atoms with Gasteiger partial charge in [0.25, 0.3) is 0 Å². The van der Waals surface area contributed by atoms with Crippen molar-refractivity contribution in [3.05, 3.63) is 35.9 Å². The standard InChI is InChI=1S/C16H23NO/c1-2-14-7-6-11-17(12-10-14)13-16(18)15-8-4-3-5-9-15/h3-5,8-9,14H,2,6-7,10-13H2,1H3. The molecule has 1 aromatic carbocycles. The number of Topliss-reactive ketones (excluding diaryl/α,β-unsaturated/α-hetero) is 1. The number of carbonyl (C=O) groups excluding carboxylic acids is 1. The normalized spacial score (nSPS) is 21.5. The first-order chi connectivity index (χ1) is 8.79. The number of rotatable bonds is 4. The summed E-state index contributed by atoms with van der Waals surface area (Å²) in [5.41, 5.74) is 0.841. The summed E-state index contributed by atoms with van der Waals surface area (Å²) in [5, 5.41) is 0. The van der Waals surface area contributed by atoms with Crippen molar-refractivity contribution < 1.29 is 4.79 Å². The summed E-state index contributed by atoms with van der Waals surface area (Å²) in [6.45, 7) is 5.02. The molecule has 2 nitrogen and oxygen atoms in total. The molecule has 2 heteroatoms. The molecule has 1 saturated heterocycles. The van der Waals surface area contributed by atoms with E-state index in [4.69, 9.17) is 0 Å². The van der Waals surface area contributed by atoms with E-state index in [-0.39, 0.29) is 5.78 Å². The monoisotopic (exact) mass is 245 g/mol. The van der Waals surface area contributed by atoms with Gasteiger partial charge in [0.15, 0.2) is 5.78 Å². The molecule has 1 unspecified atom stereocenters. The Morgan fingerprint density at radius 1 is 1.22 bits per heavy atom. The molecule has 18 heavy (non-hydrogen) atoms. The number of ketones is 1. The molecule has 1 heterocycles. The zero-order valence-electron chi connectivity index (χ0n) is 11.3. The van der Waals surface area contributed by atoms with Crippen molar-refractivity contribution in [2.75, 3.05) is 19.6 Å². The van der Waals surface area contributed by atoms with Gasteiger partial charge in [0.1, 0.15) is 0 Å². The minimum Gasteiger partial charge on any atom is -0.296 e. The molecule has 1 aromatic rings. The average molecular weight is 245 g/mol. The van der Waals surface area contributed by atoms with Crippen LogP contribution in [0.4, 0.5) is 0 Å². The highest BCUT2D eigenvalue weighted by Crippen LogP contribution is 2.20. The molecule has 0 N–H and O–H groups in total. The van der Waals surface area contributed by atoms with Crippen LogP contribution in [-0.4, -0.2) is 30.3 Å². The number of carbonyl (C=O) groups is 1. The predicted octanol–water partition coefficient (Wildman–Crippen LogP) is 3.38. The summed E-state index contributed by atoms with van der Waals surface area (Å²) < 4.78 is 0. The first-order valence-electron chi connectivity index (χ1n) is 7.10. The topological polar surface area (TPSA) is 20.3 Å². The lowest BCUT2D eigenvalue weighted by atomic mass is 9.98. The van der Waals surface area contributed by atoms with Gasteiger partial charge >= 0.3 is 0 Å². The molecule has 0 aliphatic carbocycles. The van der Waals surface area contributed by atoms with Crippen LogP contribution in [0.25, 0.3) is 0 Å². The van der Waals surface area contributed by atoms with Crippen LogP contribution in [-0.2, 0) is 0 Å². The first-order valence-corrected chi connectivity index (χ1v) is 7.10. The maximum Gasteiger partial charge on any atom is 0.176 e. The Labute approximate surface area is 110 Å². The van der Waals surface area contributed by atoms with E-state index in [1.54, 1.807) is 0 Å². The summed E-state index contributed by atoms with van der Waals surface area (Å²) >= 11 is 0. The van der Waals surface area contributed by atoms with Crippen LogP contribution in [0, 0.1) is 5.92 Å². The lowest BCUT2D eigenvalue weighted by Crippen LogP contribution is -2.31. The number of hydrogen-bond donors (Lipinski definition) is 0. The van der Waals surface area contributed by atoms with Crippen molar-refractivity contribution in [1.82, 2.24) is 4.90 Å². The van der Waals surface area contributed by atoms with E-state index in [1.807, 2.05) is 30.3 Å². The molecule has 0 amide bonds. The van der Waals surface area contributed by atoms with Crippen LogP contribution in [0.1, 0.15) is 43.0 Å². The minimum absolute atomic E-state index is 0.255. The second-order valence-electron chi connectivity index (χ2n) is 5.27. The Hall–Kier alpha value is -1.15. The summed E-state index contributed by atoms with van der Waals surface area (Å²) in [4.78, 5) is 14.5. The quantitative estimate of drug-likeness (QED) is 0.758. The summed E-state index contributed by atoms with van der Waals surface area (Å²) in [6, 6.07) is 9.64. The van der Waals surface area contributed by atoms with Crippen LogP contribution in [0.3, 0.4) is 0 Å². The molecule has 1 aliphatic rings. The zero-order valence-corrected chi connectivity index (χ0v) is 11.3. The van der Waals surface area contributed by atoms with Gasteiger partial charge in [-0.2, -0.15) is 0 Å². The van der Waals surface area contributed by atoms with E-state index in [0.29, 0.717) is 6.54 Å². The summed E-state index contributed by atoms with van der Waals surface area (Å²) in [7, 11) is 0. The maximum absolute atomic E-state index is 12.1. The average Bonchev–Trinajstić information content (AvgIpc) is 2.65. The molecule has 0 spiro atoms. The minimum atomic E-state index is 0.255. The number of likely N-dealkylation sites (tertiary alicyclic amines) is 1. The van der Waals surface area contributed by atoms with Crippen molar-refractivity contribution >= 4 is 5.78 Å². The van der Waals surface area contributed by atoms with E-state index in [1.165, 1.54) is 25.7 Å². The van der Waals surface area contributed by atoms with Crippen molar-refractivity contribution in [1.29, 1.82) is 0 Å². The second-order valence-corrected chi connectivity index (χ2v) is 5.27. The smallest absolute Gasteiger partial charge is 0.176 e. The molecular weight excluding hydrogens is 222 g/mol. The third kappa shape index (κ3) is 3.67. The number of hydrogen-bond acceptors (Lipinski definition) is 2. The highest BCUT2D eigenvalue weighted by Gasteiger charge is 2.18. The van der Waals surface area contributed by atoms with E-state index in [9.17, 15) is 4.79 Å². The first kappa shape index (κ1) is 13.3. The molecule has 2 rings (SSSR count). The molecule has 0 bridgehead atoms. The Morgan fingerprint density at radius 3 is 2.72 bits per heavy atom. The summed E-state index contributed by atoms with van der Waals surface area (Å²) in [5.74, 6) is 1.12. The highest BCUT2D eigenvalue weighted by molar-refractivity contribution is 5.97. The van der Waals surface area contributed by atoms with Crippen molar-refractivity contribution in [2.24, 2.45) is 5.92 Å². The third-order valence-electron chi connectivity index (χ3n) is 3.98. The van der Waals surface area contributed by atoms with Crippen LogP contribution in [0.2, 0.25) is 0 Å². The predicted molar refractivity (Wildman–Crippen MR) is 74.8 cm³/mol. The van der Waals surface area contributed by atoms with Gasteiger partial charge in [-0.15, -0.1) is 0 Å². The lowest BCUT2D eigenvalue weighted by molar-refractivity contribution is 0.0932. The maximum atomic E-state index is 12.1. The molecule has 1 fully saturated rings. The molecule has 0 radical (unpaired) electrons. The Bertz CT molecular complexity index is 374. The molecule has 1 aliphatic heterocycles. The highest BCUT2D eigenvalue weighted by atomic mass is 16.1. The van der Waals surface area contributed by atoms with Gasteiger partial charge in [0.2, 0.25) is 0 Å². The van der Waals surface area contributed by atoms with Gasteiger partial charge in [-0.1, -0.05) is 43.7 Å². The fourth-order valence-corrected chi connectivity index (χ4v) is 2.71. The van der Waals surface area contributed by atoms with E-state index < -0.39 is 0 Å². The largest absolute Gasteiger partial charge is 0.296 e. The zero-order chi connectivity index (χ0) is 12.8. The second kappa shape index (κ2) is 6.69. The van der Waals surface area contributed by atoms with Gasteiger partial charge in [-0.25, -0.2) is 0 Å². The van der Waals surface area contributed by atoms with E-state index >= 15 is 0 Å². The van der Waals surface area contributed by atoms with Crippen LogP contribution in [0.5, 0.6) is 0 Å². The van der Waals surface area contributed by atoms with Crippen LogP contribution in [0.15, 0.2) is 30.3 Å². The molecule has 0 saturated carbocycles. The van der Waals surface area contributed by atoms with Crippen LogP contribution < -0.4 is 0 Å². The third-order valence-corrected chi connectivity index (χ3v) is 3.98. The van der Waals surface area contributed by atoms with Crippen LogP contribution >= 0.6 is 0 Å². The van der Waals surface area contributed by atoms with Gasteiger partial charge in [0, 0.05) is 5.56 Å². The lowest BCUT2D eigenvalue weighted by Gasteiger charge is -2.19. The van der Waals surface area contributed by atoms with Crippen molar-refractivity contribution in [3.8, 4) is 0 Å². The number of nitrogens with zero attached hydrogens (tertiary/aromatic N) is 1. The fraction of sp³-hybridized carbons (Fsp3) is 0.562. The molecule has 0 aromatic heterocycles. The molecule has 1 atom stereocenters. The van der Waals surface area contributed by atoms with Gasteiger partial charge < -0.3 is 0 Å². The van der Waals surface area contributed by atoms with Crippen molar-refractivity contribution in [3.63, 3.8) is 0 Å². The molecular formula is C16H23NO. The van der Waals surface area contributed by atoms with Gasteiger partial charge in [-0.3, -0.25) is 9.69 Å². The van der Waals surface area contributed by atoms with Gasteiger partial charge in [0.05, 0.1) is 6.54 Å². The SMILES string of the molecule is CCC1CCCN(CC(=O)c2ccccc2)CC1. The van der Waals surface area contributed by atoms with Gasteiger partial charge in [-0.05, 0) is 38.3 Å². The fourth-order valence-electron chi connectivity index (χ4n) is 2.71. The Morgan fingerprint density at radius 2 is 2.00 bits per heavy atom. The van der Waals surface area contributed by atoms with E-state index in [0.717, 1.165) is 24.6 Å². The Kier molecular flexibility index (Phi) is 4.94.